The highest BCUT2D eigenvalue weighted by atomic mass is 16.2. The van der Waals surface area contributed by atoms with Gasteiger partial charge in [0.2, 0.25) is 5.91 Å². The molecule has 1 unspecified atom stereocenters. The van der Waals surface area contributed by atoms with Crippen LogP contribution >= 0.6 is 0 Å². The highest BCUT2D eigenvalue weighted by Gasteiger charge is 2.45. The van der Waals surface area contributed by atoms with Crippen molar-refractivity contribution < 1.29 is 4.79 Å². The first kappa shape index (κ1) is 13.4. The van der Waals surface area contributed by atoms with Gasteiger partial charge >= 0.3 is 0 Å². The van der Waals surface area contributed by atoms with Gasteiger partial charge in [-0.1, -0.05) is 36.4 Å². The first-order valence-electron chi connectivity index (χ1n) is 7.46. The second-order valence-corrected chi connectivity index (χ2v) is 5.77. The Morgan fingerprint density at radius 1 is 1.20 bits per heavy atom. The van der Waals surface area contributed by atoms with E-state index >= 15 is 0 Å². The molecule has 106 valence electrons. The van der Waals surface area contributed by atoms with E-state index in [-0.39, 0.29) is 5.92 Å². The number of amides is 1. The van der Waals surface area contributed by atoms with E-state index in [4.69, 9.17) is 0 Å². The Kier molecular flexibility index (Phi) is 3.88. The minimum absolute atomic E-state index is 0.225. The van der Waals surface area contributed by atoms with Gasteiger partial charge in [0.05, 0.1) is 0 Å². The van der Waals surface area contributed by atoms with Gasteiger partial charge in [0.1, 0.15) is 0 Å². The minimum Gasteiger partial charge on any atom is -0.340 e. The summed E-state index contributed by atoms with van der Waals surface area (Å²) in [5, 5.41) is 0. The van der Waals surface area contributed by atoms with E-state index in [1.165, 1.54) is 5.56 Å². The molecule has 1 saturated carbocycles. The number of carbonyl (C=O) groups excluding carboxylic acids is 1. The van der Waals surface area contributed by atoms with Crippen molar-refractivity contribution in [2.24, 2.45) is 5.92 Å². The summed E-state index contributed by atoms with van der Waals surface area (Å²) in [6.07, 6.45) is 2.96. The molecule has 0 aromatic heterocycles. The summed E-state index contributed by atoms with van der Waals surface area (Å²) in [5.41, 5.74) is 1.32. The predicted octanol–water partition coefficient (Wildman–Crippen LogP) is 2.12. The summed E-state index contributed by atoms with van der Waals surface area (Å²) in [5.74, 6) is 1.04. The van der Waals surface area contributed by atoms with Gasteiger partial charge in [0.25, 0.3) is 0 Å². The van der Waals surface area contributed by atoms with Crippen molar-refractivity contribution in [2.45, 2.75) is 12.3 Å². The van der Waals surface area contributed by atoms with Crippen molar-refractivity contribution in [3.8, 4) is 0 Å². The van der Waals surface area contributed by atoms with Crippen LogP contribution in [0.25, 0.3) is 0 Å². The van der Waals surface area contributed by atoms with E-state index in [9.17, 15) is 4.79 Å². The summed E-state index contributed by atoms with van der Waals surface area (Å²) < 4.78 is 0. The Morgan fingerprint density at radius 3 is 2.55 bits per heavy atom. The maximum absolute atomic E-state index is 12.5. The average molecular weight is 270 g/mol. The van der Waals surface area contributed by atoms with Crippen LogP contribution < -0.4 is 0 Å². The van der Waals surface area contributed by atoms with Crippen molar-refractivity contribution in [1.29, 1.82) is 0 Å². The van der Waals surface area contributed by atoms with Crippen LogP contribution in [0.2, 0.25) is 0 Å². The molecular formula is C17H22N2O. The van der Waals surface area contributed by atoms with Crippen LogP contribution in [0.3, 0.4) is 0 Å². The molecule has 20 heavy (non-hydrogen) atoms. The van der Waals surface area contributed by atoms with E-state index < -0.39 is 0 Å². The maximum atomic E-state index is 12.5. The van der Waals surface area contributed by atoms with E-state index in [1.54, 1.807) is 0 Å². The van der Waals surface area contributed by atoms with Gasteiger partial charge in [-0.05, 0) is 17.9 Å². The lowest BCUT2D eigenvalue weighted by atomic mass is 10.1. The Balaban J connectivity index is 1.53. The third-order valence-electron chi connectivity index (χ3n) is 4.41. The Bertz CT molecular complexity index is 477. The molecular weight excluding hydrogens is 248 g/mol. The lowest BCUT2D eigenvalue weighted by Crippen LogP contribution is -2.49. The number of piperazine rings is 1. The van der Waals surface area contributed by atoms with Gasteiger partial charge < -0.3 is 4.90 Å². The second kappa shape index (κ2) is 5.80. The van der Waals surface area contributed by atoms with Gasteiger partial charge in [-0.2, -0.15) is 0 Å². The molecule has 3 rings (SSSR count). The zero-order chi connectivity index (χ0) is 13.9. The van der Waals surface area contributed by atoms with Gasteiger partial charge in [0.15, 0.2) is 0 Å². The van der Waals surface area contributed by atoms with Crippen LogP contribution in [-0.4, -0.2) is 48.4 Å². The first-order chi connectivity index (χ1) is 9.79. The van der Waals surface area contributed by atoms with Crippen molar-refractivity contribution in [3.63, 3.8) is 0 Å². The fraction of sp³-hybridized carbons (Fsp3) is 0.471. The molecule has 1 heterocycles. The minimum atomic E-state index is 0.225. The predicted molar refractivity (Wildman–Crippen MR) is 80.5 cm³/mol. The topological polar surface area (TPSA) is 23.6 Å². The van der Waals surface area contributed by atoms with Crippen LogP contribution in [0.1, 0.15) is 17.9 Å². The third kappa shape index (κ3) is 2.78. The molecule has 3 heteroatoms. The van der Waals surface area contributed by atoms with Crippen LogP contribution in [0.5, 0.6) is 0 Å². The SMILES string of the molecule is C=CCN1CCN(C(=O)[C@@H]2CC2c2ccccc2)CC1. The lowest BCUT2D eigenvalue weighted by Gasteiger charge is -2.34. The number of nitrogens with zero attached hydrogens (tertiary/aromatic N) is 2. The number of benzene rings is 1. The Morgan fingerprint density at radius 2 is 1.90 bits per heavy atom. The van der Waals surface area contributed by atoms with Crippen molar-refractivity contribution in [2.75, 3.05) is 32.7 Å². The highest BCUT2D eigenvalue weighted by Crippen LogP contribution is 2.48. The molecule has 0 spiro atoms. The molecule has 1 aliphatic heterocycles. The largest absolute Gasteiger partial charge is 0.340 e. The molecule has 2 atom stereocenters. The van der Waals surface area contributed by atoms with Crippen molar-refractivity contribution >= 4 is 5.91 Å². The molecule has 1 aromatic carbocycles. The average Bonchev–Trinajstić information content (AvgIpc) is 3.29. The van der Waals surface area contributed by atoms with Gasteiger partial charge in [-0.3, -0.25) is 9.69 Å². The Hall–Kier alpha value is -1.61. The first-order valence-corrected chi connectivity index (χ1v) is 7.46. The molecule has 0 bridgehead atoms. The summed E-state index contributed by atoms with van der Waals surface area (Å²) in [7, 11) is 0. The summed E-state index contributed by atoms with van der Waals surface area (Å²) in [6, 6.07) is 10.4. The summed E-state index contributed by atoms with van der Waals surface area (Å²) in [4.78, 5) is 16.9. The van der Waals surface area contributed by atoms with Crippen molar-refractivity contribution in [1.82, 2.24) is 9.80 Å². The molecule has 1 amide bonds. The summed E-state index contributed by atoms with van der Waals surface area (Å²) >= 11 is 0. The molecule has 2 aliphatic rings. The molecule has 1 saturated heterocycles. The monoisotopic (exact) mass is 270 g/mol. The Labute approximate surface area is 120 Å². The molecule has 2 fully saturated rings. The molecule has 0 radical (unpaired) electrons. The smallest absolute Gasteiger partial charge is 0.226 e. The standard InChI is InChI=1S/C17H22N2O/c1-2-8-18-9-11-19(12-10-18)17(20)16-13-15(16)14-6-4-3-5-7-14/h2-7,15-16H,1,8-13H2/t15?,16-/m1/s1. The van der Waals surface area contributed by atoms with Crippen LogP contribution in [-0.2, 0) is 4.79 Å². The molecule has 1 aromatic rings. The molecule has 0 N–H and O–H groups in total. The van der Waals surface area contributed by atoms with Crippen molar-refractivity contribution in [3.05, 3.63) is 48.6 Å². The van der Waals surface area contributed by atoms with Gasteiger partial charge in [0, 0.05) is 38.6 Å². The zero-order valence-electron chi connectivity index (χ0n) is 11.9. The zero-order valence-corrected chi connectivity index (χ0v) is 11.9. The fourth-order valence-corrected chi connectivity index (χ4v) is 3.10. The lowest BCUT2D eigenvalue weighted by molar-refractivity contribution is -0.134. The number of rotatable bonds is 4. The molecule has 1 aliphatic carbocycles. The number of carbonyl (C=O) groups is 1. The van der Waals surface area contributed by atoms with Gasteiger partial charge in [-0.25, -0.2) is 0 Å². The normalized spacial score (nSPS) is 26.3. The third-order valence-corrected chi connectivity index (χ3v) is 4.41. The van der Waals surface area contributed by atoms with Crippen LogP contribution in [0.4, 0.5) is 0 Å². The second-order valence-electron chi connectivity index (χ2n) is 5.77. The summed E-state index contributed by atoms with van der Waals surface area (Å²) in [6.45, 7) is 8.37. The van der Waals surface area contributed by atoms with Crippen LogP contribution in [0, 0.1) is 5.92 Å². The highest BCUT2D eigenvalue weighted by molar-refractivity contribution is 5.83. The molecule has 3 nitrogen and oxygen atoms in total. The van der Waals surface area contributed by atoms with E-state index in [0.717, 1.165) is 39.1 Å². The van der Waals surface area contributed by atoms with E-state index in [2.05, 4.69) is 35.7 Å². The fourth-order valence-electron chi connectivity index (χ4n) is 3.10. The van der Waals surface area contributed by atoms with E-state index in [0.29, 0.717) is 11.8 Å². The maximum Gasteiger partial charge on any atom is 0.226 e. The van der Waals surface area contributed by atoms with Crippen LogP contribution in [0.15, 0.2) is 43.0 Å². The van der Waals surface area contributed by atoms with Gasteiger partial charge in [-0.15, -0.1) is 6.58 Å². The van der Waals surface area contributed by atoms with E-state index in [1.807, 2.05) is 17.0 Å². The quantitative estimate of drug-likeness (QED) is 0.782. The number of hydrogen-bond donors (Lipinski definition) is 0. The number of hydrogen-bond acceptors (Lipinski definition) is 2.